The summed E-state index contributed by atoms with van der Waals surface area (Å²) < 4.78 is 27.8. The van der Waals surface area contributed by atoms with E-state index in [0.29, 0.717) is 30.4 Å². The molecule has 0 aliphatic carbocycles. The van der Waals surface area contributed by atoms with Crippen LogP contribution in [0.1, 0.15) is 12.3 Å². The summed E-state index contributed by atoms with van der Waals surface area (Å²) >= 11 is 0. The second-order valence-corrected chi connectivity index (χ2v) is 6.82. The van der Waals surface area contributed by atoms with Crippen molar-refractivity contribution in [1.82, 2.24) is 25.4 Å². The van der Waals surface area contributed by atoms with Crippen LogP contribution in [0.5, 0.6) is 0 Å². The summed E-state index contributed by atoms with van der Waals surface area (Å²) in [5.74, 6) is 1.20. The molecule has 0 bridgehead atoms. The fourth-order valence-corrected chi connectivity index (χ4v) is 3.75. The van der Waals surface area contributed by atoms with Crippen LogP contribution in [0.4, 0.5) is 0 Å². The Labute approximate surface area is 115 Å². The van der Waals surface area contributed by atoms with Gasteiger partial charge in [0.05, 0.1) is 18.1 Å². The molecule has 0 spiro atoms. The maximum absolute atomic E-state index is 11.3. The SMILES string of the molecule is O=S1(=O)CCC(NCc2nc(-c3ccncn3)no2)C1. The lowest BCUT2D eigenvalue weighted by molar-refractivity contribution is 0.360. The molecule has 1 aliphatic rings. The number of aromatic nitrogens is 4. The zero-order valence-corrected chi connectivity index (χ0v) is 11.4. The third-order valence-electron chi connectivity index (χ3n) is 3.05. The van der Waals surface area contributed by atoms with Gasteiger partial charge in [-0.1, -0.05) is 5.16 Å². The van der Waals surface area contributed by atoms with Crippen molar-refractivity contribution in [1.29, 1.82) is 0 Å². The molecule has 0 radical (unpaired) electrons. The van der Waals surface area contributed by atoms with Crippen LogP contribution in [0.2, 0.25) is 0 Å². The summed E-state index contributed by atoms with van der Waals surface area (Å²) in [4.78, 5) is 12.0. The number of sulfone groups is 1. The van der Waals surface area contributed by atoms with Gasteiger partial charge in [-0.3, -0.25) is 0 Å². The summed E-state index contributed by atoms with van der Waals surface area (Å²) in [5, 5.41) is 6.94. The maximum Gasteiger partial charge on any atom is 0.240 e. The number of nitrogens with one attached hydrogen (secondary N) is 1. The molecule has 8 nitrogen and oxygen atoms in total. The van der Waals surface area contributed by atoms with E-state index in [9.17, 15) is 8.42 Å². The third kappa shape index (κ3) is 2.99. The summed E-state index contributed by atoms with van der Waals surface area (Å²) in [6.45, 7) is 0.346. The van der Waals surface area contributed by atoms with E-state index in [4.69, 9.17) is 4.52 Å². The molecule has 0 saturated carbocycles. The smallest absolute Gasteiger partial charge is 0.240 e. The largest absolute Gasteiger partial charge is 0.337 e. The van der Waals surface area contributed by atoms with Gasteiger partial charge in [0.15, 0.2) is 9.84 Å². The maximum atomic E-state index is 11.3. The van der Waals surface area contributed by atoms with E-state index in [-0.39, 0.29) is 17.5 Å². The molecule has 1 aliphatic heterocycles. The normalized spacial score (nSPS) is 21.1. The van der Waals surface area contributed by atoms with Crippen LogP contribution < -0.4 is 5.32 Å². The Morgan fingerprint density at radius 2 is 2.35 bits per heavy atom. The Kier molecular flexibility index (Phi) is 3.45. The molecule has 3 rings (SSSR count). The Morgan fingerprint density at radius 3 is 3.05 bits per heavy atom. The number of rotatable bonds is 4. The topological polar surface area (TPSA) is 111 Å². The van der Waals surface area contributed by atoms with E-state index in [0.717, 1.165) is 0 Å². The number of hydrogen-bond donors (Lipinski definition) is 1. The lowest BCUT2D eigenvalue weighted by atomic mass is 10.3. The zero-order chi connectivity index (χ0) is 14.0. The predicted octanol–water partition coefficient (Wildman–Crippen LogP) is -0.197. The van der Waals surface area contributed by atoms with Gasteiger partial charge in [0.1, 0.15) is 12.0 Å². The molecule has 1 saturated heterocycles. The standard InChI is InChI=1S/C11H13N5O3S/c17-20(18)4-2-8(6-20)13-5-10-15-11(16-19-10)9-1-3-12-7-14-9/h1,3,7-8,13H,2,4-6H2. The quantitative estimate of drug-likeness (QED) is 0.825. The summed E-state index contributed by atoms with van der Waals surface area (Å²) in [6, 6.07) is 1.64. The van der Waals surface area contributed by atoms with Gasteiger partial charge in [-0.15, -0.1) is 0 Å². The Balaban J connectivity index is 1.61. The molecule has 1 atom stereocenters. The lowest BCUT2D eigenvalue weighted by Crippen LogP contribution is -2.29. The fourth-order valence-electron chi connectivity index (χ4n) is 2.04. The van der Waals surface area contributed by atoms with Gasteiger partial charge in [-0.2, -0.15) is 4.98 Å². The van der Waals surface area contributed by atoms with Crippen LogP contribution in [0, 0.1) is 0 Å². The molecule has 106 valence electrons. The first kappa shape index (κ1) is 13.1. The fraction of sp³-hybridized carbons (Fsp3) is 0.455. The van der Waals surface area contributed by atoms with Crippen LogP contribution in [-0.2, 0) is 16.4 Å². The monoisotopic (exact) mass is 295 g/mol. The van der Waals surface area contributed by atoms with Gasteiger partial charge in [0, 0.05) is 12.2 Å². The second kappa shape index (κ2) is 5.25. The first-order chi connectivity index (χ1) is 9.62. The summed E-state index contributed by atoms with van der Waals surface area (Å²) in [5.41, 5.74) is 0.582. The highest BCUT2D eigenvalue weighted by molar-refractivity contribution is 7.91. The van der Waals surface area contributed by atoms with E-state index in [1.165, 1.54) is 6.33 Å². The van der Waals surface area contributed by atoms with Crippen molar-refractivity contribution in [3.8, 4) is 11.5 Å². The van der Waals surface area contributed by atoms with Crippen molar-refractivity contribution in [3.63, 3.8) is 0 Å². The van der Waals surface area contributed by atoms with Crippen molar-refractivity contribution in [2.24, 2.45) is 0 Å². The molecule has 3 heterocycles. The molecule has 1 unspecified atom stereocenters. The lowest BCUT2D eigenvalue weighted by Gasteiger charge is -2.06. The molecule has 2 aromatic rings. The highest BCUT2D eigenvalue weighted by Crippen LogP contribution is 2.13. The summed E-state index contributed by atoms with van der Waals surface area (Å²) in [6.07, 6.45) is 3.63. The second-order valence-electron chi connectivity index (χ2n) is 4.59. The van der Waals surface area contributed by atoms with Gasteiger partial charge in [0.25, 0.3) is 0 Å². The van der Waals surface area contributed by atoms with Crippen LogP contribution in [0.15, 0.2) is 23.1 Å². The van der Waals surface area contributed by atoms with E-state index in [1.54, 1.807) is 12.3 Å². The molecular weight excluding hydrogens is 282 g/mol. The predicted molar refractivity (Wildman–Crippen MR) is 69.2 cm³/mol. The van der Waals surface area contributed by atoms with E-state index in [2.05, 4.69) is 25.4 Å². The Hall–Kier alpha value is -1.87. The Bertz CT molecular complexity index is 685. The first-order valence-electron chi connectivity index (χ1n) is 6.15. The first-order valence-corrected chi connectivity index (χ1v) is 7.97. The molecule has 2 aromatic heterocycles. The zero-order valence-electron chi connectivity index (χ0n) is 10.6. The van der Waals surface area contributed by atoms with Crippen LogP contribution in [0.3, 0.4) is 0 Å². The number of nitrogens with zero attached hydrogens (tertiary/aromatic N) is 4. The van der Waals surface area contributed by atoms with E-state index < -0.39 is 9.84 Å². The average Bonchev–Trinajstić information content (AvgIpc) is 3.04. The van der Waals surface area contributed by atoms with Gasteiger partial charge < -0.3 is 9.84 Å². The van der Waals surface area contributed by atoms with Crippen LogP contribution in [0.25, 0.3) is 11.5 Å². The summed E-state index contributed by atoms with van der Waals surface area (Å²) in [7, 11) is -2.88. The van der Waals surface area contributed by atoms with Crippen molar-refractivity contribution < 1.29 is 12.9 Å². The van der Waals surface area contributed by atoms with Crippen LogP contribution >= 0.6 is 0 Å². The minimum atomic E-state index is -2.88. The molecule has 0 aromatic carbocycles. The van der Waals surface area contributed by atoms with Gasteiger partial charge in [-0.05, 0) is 12.5 Å². The highest BCUT2D eigenvalue weighted by Gasteiger charge is 2.27. The van der Waals surface area contributed by atoms with Gasteiger partial charge >= 0.3 is 0 Å². The third-order valence-corrected chi connectivity index (χ3v) is 4.82. The van der Waals surface area contributed by atoms with Crippen molar-refractivity contribution in [2.45, 2.75) is 19.0 Å². The Morgan fingerprint density at radius 1 is 1.45 bits per heavy atom. The minimum Gasteiger partial charge on any atom is -0.337 e. The molecule has 1 fully saturated rings. The van der Waals surface area contributed by atoms with Gasteiger partial charge in [-0.25, -0.2) is 18.4 Å². The van der Waals surface area contributed by atoms with E-state index >= 15 is 0 Å². The molecule has 9 heteroatoms. The molecule has 20 heavy (non-hydrogen) atoms. The van der Waals surface area contributed by atoms with Gasteiger partial charge in [0.2, 0.25) is 11.7 Å². The van der Waals surface area contributed by atoms with Crippen molar-refractivity contribution in [3.05, 3.63) is 24.5 Å². The van der Waals surface area contributed by atoms with Crippen LogP contribution in [-0.4, -0.2) is 46.1 Å². The molecule has 1 N–H and O–H groups in total. The average molecular weight is 295 g/mol. The molecule has 0 amide bonds. The highest BCUT2D eigenvalue weighted by atomic mass is 32.2. The van der Waals surface area contributed by atoms with E-state index in [1.807, 2.05) is 0 Å². The van der Waals surface area contributed by atoms with Crippen molar-refractivity contribution in [2.75, 3.05) is 11.5 Å². The minimum absolute atomic E-state index is 0.0469. The van der Waals surface area contributed by atoms with Crippen molar-refractivity contribution >= 4 is 9.84 Å². The molecular formula is C11H13N5O3S. The number of hydrogen-bond acceptors (Lipinski definition) is 8.